The summed E-state index contributed by atoms with van der Waals surface area (Å²) in [4.78, 5) is 14.8. The molecule has 0 aliphatic carbocycles. The van der Waals surface area contributed by atoms with Crippen LogP contribution in [-0.4, -0.2) is 43.0 Å². The Bertz CT molecular complexity index is 644. The van der Waals surface area contributed by atoms with Crippen LogP contribution in [0, 0.1) is 17.7 Å². The Morgan fingerprint density at radius 2 is 2.14 bits per heavy atom. The lowest BCUT2D eigenvalue weighted by Crippen LogP contribution is -2.48. The summed E-state index contributed by atoms with van der Waals surface area (Å²) in [6.45, 7) is 6.81. The molecule has 0 radical (unpaired) electrons. The Labute approximate surface area is 191 Å². The van der Waals surface area contributed by atoms with Gasteiger partial charge in [-0.3, -0.25) is 9.69 Å². The van der Waals surface area contributed by atoms with Crippen molar-refractivity contribution in [3.05, 3.63) is 34.6 Å². The van der Waals surface area contributed by atoms with Gasteiger partial charge in [-0.1, -0.05) is 24.6 Å². The van der Waals surface area contributed by atoms with Gasteiger partial charge in [-0.25, -0.2) is 4.39 Å². The molecule has 2 fully saturated rings. The molecule has 2 N–H and O–H groups in total. The number of halogens is 4. The summed E-state index contributed by atoms with van der Waals surface area (Å²) < 4.78 is 13.2. The maximum absolute atomic E-state index is 13.2. The highest BCUT2D eigenvalue weighted by Crippen LogP contribution is 2.23. The Balaban J connectivity index is 0.00000210. The number of rotatable bonds is 6. The number of hydrogen-bond acceptors (Lipinski definition) is 3. The molecule has 3 rings (SSSR count). The number of benzene rings is 1. The standard InChI is InChI=1S/C21H31ClFN3O.2ClH/c1-15(16-4-2-8-24-12-16)10-21(27)25-19-5-3-9-26(14-19)13-17-6-7-18(23)11-20(17)22;;/h6-7,11,15-16,19,24H,2-5,8-10,12-14H2,1H3,(H,25,27);2*1H. The average Bonchev–Trinajstić information content (AvgIpc) is 2.65. The van der Waals surface area contributed by atoms with E-state index in [-0.39, 0.29) is 42.6 Å². The highest BCUT2D eigenvalue weighted by atomic mass is 35.5. The molecule has 0 aromatic heterocycles. The van der Waals surface area contributed by atoms with Crippen LogP contribution in [0.25, 0.3) is 0 Å². The van der Waals surface area contributed by atoms with Crippen molar-refractivity contribution >= 4 is 42.3 Å². The van der Waals surface area contributed by atoms with E-state index >= 15 is 0 Å². The highest BCUT2D eigenvalue weighted by Gasteiger charge is 2.25. The van der Waals surface area contributed by atoms with E-state index in [9.17, 15) is 9.18 Å². The van der Waals surface area contributed by atoms with Gasteiger partial charge in [-0.15, -0.1) is 24.8 Å². The highest BCUT2D eigenvalue weighted by molar-refractivity contribution is 6.31. The van der Waals surface area contributed by atoms with E-state index in [1.807, 2.05) is 0 Å². The van der Waals surface area contributed by atoms with Crippen LogP contribution < -0.4 is 10.6 Å². The van der Waals surface area contributed by atoms with E-state index in [2.05, 4.69) is 22.5 Å². The second kappa shape index (κ2) is 13.0. The van der Waals surface area contributed by atoms with Gasteiger partial charge in [0.2, 0.25) is 5.91 Å². The second-order valence-corrected chi connectivity index (χ2v) is 8.57. The Kier molecular flexibility index (Phi) is 11.8. The molecule has 0 bridgehead atoms. The molecule has 1 amide bonds. The predicted molar refractivity (Wildman–Crippen MR) is 122 cm³/mol. The van der Waals surface area contributed by atoms with Gasteiger partial charge in [0.15, 0.2) is 0 Å². The summed E-state index contributed by atoms with van der Waals surface area (Å²) in [6.07, 6.45) is 5.09. The first-order valence-corrected chi connectivity index (χ1v) is 10.6. The van der Waals surface area contributed by atoms with Crippen molar-refractivity contribution in [1.82, 2.24) is 15.5 Å². The summed E-state index contributed by atoms with van der Waals surface area (Å²) >= 11 is 6.16. The SMILES string of the molecule is CC(CC(=O)NC1CCCN(Cc2ccc(F)cc2Cl)C1)C1CCCNC1.Cl.Cl. The molecule has 4 nitrogen and oxygen atoms in total. The lowest BCUT2D eigenvalue weighted by atomic mass is 9.85. The van der Waals surface area contributed by atoms with Gasteiger partial charge in [0.25, 0.3) is 0 Å². The minimum Gasteiger partial charge on any atom is -0.352 e. The normalized spacial score (nSPS) is 23.4. The van der Waals surface area contributed by atoms with Gasteiger partial charge in [0.05, 0.1) is 0 Å². The fourth-order valence-corrected chi connectivity index (χ4v) is 4.54. The van der Waals surface area contributed by atoms with Gasteiger partial charge >= 0.3 is 0 Å². The zero-order chi connectivity index (χ0) is 19.2. The third-order valence-corrected chi connectivity index (χ3v) is 6.28. The molecule has 166 valence electrons. The molecule has 2 aliphatic rings. The molecule has 29 heavy (non-hydrogen) atoms. The van der Waals surface area contributed by atoms with Gasteiger partial charge in [-0.2, -0.15) is 0 Å². The number of piperidine rings is 2. The first-order chi connectivity index (χ1) is 13.0. The quantitative estimate of drug-likeness (QED) is 0.649. The van der Waals surface area contributed by atoms with Crippen molar-refractivity contribution in [2.75, 3.05) is 26.2 Å². The monoisotopic (exact) mass is 467 g/mol. The molecule has 1 aromatic rings. The number of nitrogens with zero attached hydrogens (tertiary/aromatic N) is 1. The fourth-order valence-electron chi connectivity index (χ4n) is 4.32. The van der Waals surface area contributed by atoms with Gasteiger partial charge in [-0.05, 0) is 74.8 Å². The molecular formula is C21H33Cl3FN3O. The lowest BCUT2D eigenvalue weighted by Gasteiger charge is -2.34. The van der Waals surface area contributed by atoms with Crippen LogP contribution in [0.4, 0.5) is 4.39 Å². The molecular weight excluding hydrogens is 436 g/mol. The third kappa shape index (κ3) is 8.22. The van der Waals surface area contributed by atoms with E-state index in [0.717, 1.165) is 44.6 Å². The number of likely N-dealkylation sites (tertiary alicyclic amines) is 1. The number of carbonyl (C=O) groups is 1. The smallest absolute Gasteiger partial charge is 0.220 e. The number of hydrogen-bond donors (Lipinski definition) is 2. The van der Waals surface area contributed by atoms with E-state index in [1.54, 1.807) is 6.07 Å². The number of amides is 1. The Morgan fingerprint density at radius 3 is 2.83 bits per heavy atom. The molecule has 0 saturated carbocycles. The maximum Gasteiger partial charge on any atom is 0.220 e. The zero-order valence-corrected chi connectivity index (χ0v) is 19.4. The third-order valence-electron chi connectivity index (χ3n) is 5.93. The second-order valence-electron chi connectivity index (χ2n) is 8.17. The molecule has 2 heterocycles. The Morgan fingerprint density at radius 1 is 1.34 bits per heavy atom. The van der Waals surface area contributed by atoms with Gasteiger partial charge in [0.1, 0.15) is 5.82 Å². The Hall–Kier alpha value is -0.590. The van der Waals surface area contributed by atoms with Crippen molar-refractivity contribution < 1.29 is 9.18 Å². The summed E-state index contributed by atoms with van der Waals surface area (Å²) in [5, 5.41) is 7.14. The number of nitrogens with one attached hydrogen (secondary N) is 2. The van der Waals surface area contributed by atoms with E-state index in [0.29, 0.717) is 29.8 Å². The van der Waals surface area contributed by atoms with Crippen LogP contribution in [0.3, 0.4) is 0 Å². The van der Waals surface area contributed by atoms with E-state index in [4.69, 9.17) is 11.6 Å². The van der Waals surface area contributed by atoms with E-state index in [1.165, 1.54) is 25.0 Å². The van der Waals surface area contributed by atoms with Crippen LogP contribution in [0.2, 0.25) is 5.02 Å². The molecule has 0 spiro atoms. The van der Waals surface area contributed by atoms with Crippen LogP contribution in [-0.2, 0) is 11.3 Å². The largest absolute Gasteiger partial charge is 0.352 e. The first kappa shape index (κ1) is 26.4. The average molecular weight is 469 g/mol. The summed E-state index contributed by atoms with van der Waals surface area (Å²) in [5.74, 6) is 0.873. The molecule has 3 unspecified atom stereocenters. The topological polar surface area (TPSA) is 44.4 Å². The van der Waals surface area contributed by atoms with E-state index < -0.39 is 0 Å². The minimum atomic E-state index is -0.310. The van der Waals surface area contributed by atoms with Crippen molar-refractivity contribution in [2.24, 2.45) is 11.8 Å². The van der Waals surface area contributed by atoms with Crippen molar-refractivity contribution in [3.8, 4) is 0 Å². The maximum atomic E-state index is 13.2. The van der Waals surface area contributed by atoms with Gasteiger partial charge in [0, 0.05) is 30.6 Å². The predicted octanol–water partition coefficient (Wildman–Crippen LogP) is 4.43. The number of carbonyl (C=O) groups excluding carboxylic acids is 1. The van der Waals surface area contributed by atoms with Gasteiger partial charge < -0.3 is 10.6 Å². The summed E-state index contributed by atoms with van der Waals surface area (Å²) in [7, 11) is 0. The lowest BCUT2D eigenvalue weighted by molar-refractivity contribution is -0.123. The fraction of sp³-hybridized carbons (Fsp3) is 0.667. The molecule has 3 atom stereocenters. The van der Waals surface area contributed by atoms with Crippen molar-refractivity contribution in [1.29, 1.82) is 0 Å². The minimum absolute atomic E-state index is 0. The summed E-state index contributed by atoms with van der Waals surface area (Å²) in [5.41, 5.74) is 0.934. The molecule has 2 aliphatic heterocycles. The summed E-state index contributed by atoms with van der Waals surface area (Å²) in [6, 6.07) is 4.75. The van der Waals surface area contributed by atoms with Crippen LogP contribution in [0.5, 0.6) is 0 Å². The first-order valence-electron chi connectivity index (χ1n) is 10.2. The molecule has 1 aromatic carbocycles. The molecule has 2 saturated heterocycles. The van der Waals surface area contributed by atoms with Crippen molar-refractivity contribution in [3.63, 3.8) is 0 Å². The van der Waals surface area contributed by atoms with Crippen LogP contribution in [0.15, 0.2) is 18.2 Å². The zero-order valence-electron chi connectivity index (χ0n) is 17.0. The molecule has 8 heteroatoms. The van der Waals surface area contributed by atoms with Crippen LogP contribution in [0.1, 0.15) is 44.6 Å². The van der Waals surface area contributed by atoms with Crippen LogP contribution >= 0.6 is 36.4 Å². The van der Waals surface area contributed by atoms with Crippen molar-refractivity contribution in [2.45, 2.75) is 51.6 Å².